The van der Waals surface area contributed by atoms with Gasteiger partial charge in [0.05, 0.1) is 0 Å². The molecule has 0 amide bonds. The summed E-state index contributed by atoms with van der Waals surface area (Å²) in [4.78, 5) is 0. The molecule has 0 bridgehead atoms. The Morgan fingerprint density at radius 3 is 1.83 bits per heavy atom. The summed E-state index contributed by atoms with van der Waals surface area (Å²) in [6.45, 7) is 0. The molecule has 136 valence electrons. The van der Waals surface area contributed by atoms with Crippen molar-refractivity contribution in [3.05, 3.63) is 0 Å². The van der Waals surface area contributed by atoms with Crippen LogP contribution in [-0.2, 0) is 28.4 Å². The Morgan fingerprint density at radius 1 is 0.667 bits per heavy atom. The highest BCUT2D eigenvalue weighted by molar-refractivity contribution is 5.01. The molecular formula is C18H28O6. The fourth-order valence-electron chi connectivity index (χ4n) is 5.11. The zero-order valence-corrected chi connectivity index (χ0v) is 14.4. The largest absolute Gasteiger partial charge is 0.353 e. The number of ether oxygens (including phenoxy) is 6. The van der Waals surface area contributed by atoms with E-state index < -0.39 is 24.2 Å². The Balaban J connectivity index is 1.40. The number of hydrogen-bond donors (Lipinski definition) is 0. The summed E-state index contributed by atoms with van der Waals surface area (Å²) >= 11 is 0. The molecule has 5 aliphatic rings. The van der Waals surface area contributed by atoms with Gasteiger partial charge in [0.15, 0.2) is 24.2 Å². The molecule has 5 atom stereocenters. The molecule has 0 aromatic rings. The van der Waals surface area contributed by atoms with Crippen LogP contribution in [0.4, 0.5) is 0 Å². The molecular weight excluding hydrogens is 312 g/mol. The third-order valence-corrected chi connectivity index (χ3v) is 6.30. The summed E-state index contributed by atoms with van der Waals surface area (Å²) in [6, 6.07) is 0. The molecule has 6 heteroatoms. The molecule has 2 saturated carbocycles. The van der Waals surface area contributed by atoms with Gasteiger partial charge in [0, 0.05) is 32.8 Å². The maximum atomic E-state index is 6.49. The van der Waals surface area contributed by atoms with E-state index >= 15 is 0 Å². The number of hydrogen-bond acceptors (Lipinski definition) is 6. The quantitative estimate of drug-likeness (QED) is 0.732. The molecule has 6 nitrogen and oxygen atoms in total. The van der Waals surface area contributed by atoms with Crippen LogP contribution in [0.1, 0.15) is 64.2 Å². The normalized spacial score (nSPS) is 46.1. The highest BCUT2D eigenvalue weighted by Gasteiger charge is 2.64. The van der Waals surface area contributed by atoms with Crippen LogP contribution in [-0.4, -0.2) is 49.6 Å². The number of rotatable bonds is 1. The minimum Gasteiger partial charge on any atom is -0.353 e. The first-order valence-electron chi connectivity index (χ1n) is 9.62. The molecule has 5 rings (SSSR count). The van der Waals surface area contributed by atoms with Crippen LogP contribution >= 0.6 is 0 Å². The fourth-order valence-corrected chi connectivity index (χ4v) is 5.11. The second-order valence-electron chi connectivity index (χ2n) is 7.92. The van der Waals surface area contributed by atoms with Crippen LogP contribution in [0, 0.1) is 0 Å². The third kappa shape index (κ3) is 2.46. The van der Waals surface area contributed by atoms with E-state index in [2.05, 4.69) is 0 Å². The molecule has 5 fully saturated rings. The zero-order valence-electron chi connectivity index (χ0n) is 14.4. The van der Waals surface area contributed by atoms with Crippen molar-refractivity contribution in [2.45, 2.75) is 107 Å². The van der Waals surface area contributed by atoms with E-state index in [0.717, 1.165) is 51.4 Å². The van der Waals surface area contributed by atoms with Gasteiger partial charge >= 0.3 is 0 Å². The first-order valence-corrected chi connectivity index (χ1v) is 9.62. The summed E-state index contributed by atoms with van der Waals surface area (Å²) in [5.74, 6) is -0.971. The first kappa shape index (κ1) is 16.0. The average Bonchev–Trinajstić information content (AvgIpc) is 3.14. The van der Waals surface area contributed by atoms with Gasteiger partial charge < -0.3 is 28.4 Å². The van der Waals surface area contributed by atoms with Crippen molar-refractivity contribution < 1.29 is 28.4 Å². The van der Waals surface area contributed by atoms with Gasteiger partial charge in [-0.2, -0.15) is 0 Å². The first-order chi connectivity index (χ1) is 11.7. The summed E-state index contributed by atoms with van der Waals surface area (Å²) in [5.41, 5.74) is 0. The maximum absolute atomic E-state index is 6.49. The van der Waals surface area contributed by atoms with E-state index in [-0.39, 0.29) is 18.3 Å². The minimum absolute atomic E-state index is 0.173. The van der Waals surface area contributed by atoms with Crippen molar-refractivity contribution in [1.29, 1.82) is 0 Å². The van der Waals surface area contributed by atoms with Gasteiger partial charge in [-0.1, -0.05) is 12.8 Å². The number of fused-ring (bicyclic) bond motifs is 3. The van der Waals surface area contributed by atoms with E-state index in [9.17, 15) is 0 Å². The lowest BCUT2D eigenvalue weighted by molar-refractivity contribution is -0.302. The van der Waals surface area contributed by atoms with Gasteiger partial charge in [-0.3, -0.25) is 0 Å². The van der Waals surface area contributed by atoms with Crippen LogP contribution in [0.15, 0.2) is 0 Å². The molecule has 0 aromatic heterocycles. The lowest BCUT2D eigenvalue weighted by Crippen LogP contribution is -2.55. The van der Waals surface area contributed by atoms with Crippen molar-refractivity contribution in [3.8, 4) is 0 Å². The molecule has 0 aromatic carbocycles. The van der Waals surface area contributed by atoms with Crippen molar-refractivity contribution in [3.63, 3.8) is 0 Å². The fraction of sp³-hybridized carbons (Fsp3) is 1.00. The zero-order chi connectivity index (χ0) is 16.2. The summed E-state index contributed by atoms with van der Waals surface area (Å²) < 4.78 is 37.2. The van der Waals surface area contributed by atoms with Crippen LogP contribution in [0.5, 0.6) is 0 Å². The van der Waals surface area contributed by atoms with Crippen LogP contribution < -0.4 is 0 Å². The molecule has 3 heterocycles. The van der Waals surface area contributed by atoms with Crippen LogP contribution in [0.2, 0.25) is 0 Å². The van der Waals surface area contributed by atoms with Crippen LogP contribution in [0.3, 0.4) is 0 Å². The van der Waals surface area contributed by atoms with Gasteiger partial charge in [0.1, 0.15) is 18.3 Å². The van der Waals surface area contributed by atoms with Gasteiger partial charge in [-0.05, 0) is 25.7 Å². The smallest absolute Gasteiger partial charge is 0.193 e. The summed E-state index contributed by atoms with van der Waals surface area (Å²) in [5, 5.41) is 0. The molecule has 0 radical (unpaired) electrons. The second kappa shape index (κ2) is 5.89. The predicted octanol–water partition coefficient (Wildman–Crippen LogP) is 2.84. The Morgan fingerprint density at radius 2 is 1.21 bits per heavy atom. The predicted molar refractivity (Wildman–Crippen MR) is 83.0 cm³/mol. The summed E-state index contributed by atoms with van der Waals surface area (Å²) in [7, 11) is 1.66. The lowest BCUT2D eigenvalue weighted by atomic mass is 9.94. The second-order valence-corrected chi connectivity index (χ2v) is 7.92. The van der Waals surface area contributed by atoms with E-state index in [1.165, 1.54) is 12.8 Å². The molecule has 2 spiro atoms. The van der Waals surface area contributed by atoms with Crippen LogP contribution in [0.25, 0.3) is 0 Å². The molecule has 24 heavy (non-hydrogen) atoms. The van der Waals surface area contributed by atoms with Gasteiger partial charge in [-0.15, -0.1) is 0 Å². The van der Waals surface area contributed by atoms with Gasteiger partial charge in [-0.25, -0.2) is 0 Å². The Labute approximate surface area is 143 Å². The standard InChI is InChI=1S/C18H28O6/c1-19-15-13-12(21-17(22-13)8-4-2-5-9-17)14-16(20-15)24-18(23-14)10-6-3-7-11-18/h12-16H,2-11H2,1H3/t12-,13+,14+,15-,16+/m0/s1. The Kier molecular flexibility index (Phi) is 3.92. The SMILES string of the molecule is CO[C@H]1O[C@@H]2OC3(CCCCC3)O[C@@H]2[C@H]2OC3(CCCCC3)O[C@@H]12. The highest BCUT2D eigenvalue weighted by Crippen LogP contribution is 2.50. The molecule has 0 N–H and O–H groups in total. The molecule has 3 saturated heterocycles. The van der Waals surface area contributed by atoms with Gasteiger partial charge in [0.2, 0.25) is 0 Å². The van der Waals surface area contributed by atoms with Crippen molar-refractivity contribution in [2.75, 3.05) is 7.11 Å². The molecule has 2 aliphatic carbocycles. The average molecular weight is 340 g/mol. The Hall–Kier alpha value is -0.240. The minimum atomic E-state index is -0.494. The van der Waals surface area contributed by atoms with Gasteiger partial charge in [0.25, 0.3) is 0 Å². The third-order valence-electron chi connectivity index (χ3n) is 6.30. The number of methoxy groups -OCH3 is 1. The van der Waals surface area contributed by atoms with Crippen molar-refractivity contribution in [2.24, 2.45) is 0 Å². The van der Waals surface area contributed by atoms with E-state index in [0.29, 0.717) is 0 Å². The monoisotopic (exact) mass is 340 g/mol. The highest BCUT2D eigenvalue weighted by atomic mass is 16.9. The molecule has 3 aliphatic heterocycles. The van der Waals surface area contributed by atoms with E-state index in [1.54, 1.807) is 7.11 Å². The molecule has 0 unspecified atom stereocenters. The Bertz CT molecular complexity index is 470. The summed E-state index contributed by atoms with van der Waals surface area (Å²) in [6.07, 6.45) is 9.32. The van der Waals surface area contributed by atoms with Crippen molar-refractivity contribution in [1.82, 2.24) is 0 Å². The van der Waals surface area contributed by atoms with E-state index in [4.69, 9.17) is 28.4 Å². The topological polar surface area (TPSA) is 55.4 Å². The van der Waals surface area contributed by atoms with Crippen molar-refractivity contribution >= 4 is 0 Å². The maximum Gasteiger partial charge on any atom is 0.193 e. The van der Waals surface area contributed by atoms with E-state index in [1.807, 2.05) is 0 Å². The lowest BCUT2D eigenvalue weighted by Gasteiger charge is -2.36.